The fourth-order valence-corrected chi connectivity index (χ4v) is 3.03. The van der Waals surface area contributed by atoms with Crippen molar-refractivity contribution in [2.24, 2.45) is 0 Å². The molecule has 0 aliphatic heterocycles. The number of amides is 3. The number of hydrogen-bond donors (Lipinski definition) is 3. The van der Waals surface area contributed by atoms with Crippen LogP contribution in [0.4, 0.5) is 9.59 Å². The maximum absolute atomic E-state index is 11.4. The molecule has 1 aromatic heterocycles. The number of nitrogens with one attached hydrogen (secondary N) is 3. The standard InChI is InChI=1S/C13H22N4O3S.2C7H8.3H2/c1-10(2)17-12(18)15-5-3-4-6-16-13(19)20-8-11-7-14-9-21-11;2*1-7-5-3-2-4-6-7;;;/h7,9-10H,3-6,8H2,1-2H3,(H,16,19)(H2,15,17,18);2*2-6H,1H3;3*1H. The number of aryl methyl sites for hydroxylation is 2. The number of benzene rings is 2. The number of ether oxygens (including phenoxy) is 1. The Balaban J connectivity index is -0.000000590. The van der Waals surface area contributed by atoms with Crippen molar-refractivity contribution in [1.82, 2.24) is 20.9 Å². The summed E-state index contributed by atoms with van der Waals surface area (Å²) >= 11 is 1.44. The van der Waals surface area contributed by atoms with E-state index < -0.39 is 6.09 Å². The third kappa shape index (κ3) is 17.7. The molecule has 0 fully saturated rings. The summed E-state index contributed by atoms with van der Waals surface area (Å²) in [6.07, 6.45) is 2.80. The predicted molar refractivity (Wildman–Crippen MR) is 150 cm³/mol. The van der Waals surface area contributed by atoms with Gasteiger partial charge in [-0.15, -0.1) is 11.3 Å². The number of thiazole rings is 1. The van der Waals surface area contributed by atoms with Gasteiger partial charge >= 0.3 is 12.1 Å². The Morgan fingerprint density at radius 2 is 1.46 bits per heavy atom. The van der Waals surface area contributed by atoms with E-state index in [1.54, 1.807) is 11.7 Å². The Labute approximate surface area is 217 Å². The van der Waals surface area contributed by atoms with Gasteiger partial charge in [0.05, 0.1) is 10.4 Å². The summed E-state index contributed by atoms with van der Waals surface area (Å²) in [6.45, 7) is 9.32. The van der Waals surface area contributed by atoms with Crippen molar-refractivity contribution in [3.8, 4) is 0 Å². The van der Waals surface area contributed by atoms with Gasteiger partial charge in [0.15, 0.2) is 0 Å². The number of alkyl carbamates (subject to hydrolysis) is 1. The monoisotopic (exact) mass is 504 g/mol. The zero-order valence-corrected chi connectivity index (χ0v) is 21.9. The van der Waals surface area contributed by atoms with Crippen LogP contribution in [0.2, 0.25) is 0 Å². The second-order valence-corrected chi connectivity index (χ2v) is 9.01. The van der Waals surface area contributed by atoms with E-state index in [2.05, 4.69) is 59.0 Å². The molecule has 0 radical (unpaired) electrons. The Bertz CT molecular complexity index is 898. The SMILES string of the molecule is CC(C)NC(=O)NCCCCNC(=O)OCc1cncs1.Cc1ccccc1.Cc1ccccc1.[HH].[HH].[HH]. The smallest absolute Gasteiger partial charge is 0.407 e. The molecule has 0 saturated carbocycles. The molecule has 196 valence electrons. The van der Waals surface area contributed by atoms with Crippen molar-refractivity contribution in [2.75, 3.05) is 13.1 Å². The highest BCUT2D eigenvalue weighted by molar-refractivity contribution is 7.09. The molecule has 2 aromatic carbocycles. The summed E-state index contributed by atoms with van der Waals surface area (Å²) in [6, 6.07) is 20.5. The van der Waals surface area contributed by atoms with Crippen LogP contribution in [0.15, 0.2) is 72.4 Å². The second-order valence-electron chi connectivity index (χ2n) is 8.04. The molecule has 0 aliphatic carbocycles. The van der Waals surface area contributed by atoms with E-state index in [0.29, 0.717) is 13.1 Å². The van der Waals surface area contributed by atoms with Gasteiger partial charge in [0.2, 0.25) is 0 Å². The minimum absolute atomic E-state index is 0. The summed E-state index contributed by atoms with van der Waals surface area (Å²) in [5, 5.41) is 8.14. The molecule has 3 amide bonds. The normalized spacial score (nSPS) is 9.63. The average Bonchev–Trinajstić information content (AvgIpc) is 3.35. The minimum atomic E-state index is -0.436. The Kier molecular flexibility index (Phi) is 16.1. The molecule has 0 aliphatic rings. The van der Waals surface area contributed by atoms with Crippen LogP contribution in [0.5, 0.6) is 0 Å². The summed E-state index contributed by atoms with van der Waals surface area (Å²) in [5.41, 5.74) is 4.34. The number of carbonyl (C=O) groups is 2. The van der Waals surface area contributed by atoms with Gasteiger partial charge in [0.25, 0.3) is 0 Å². The highest BCUT2D eigenvalue weighted by atomic mass is 32.1. The number of urea groups is 1. The van der Waals surface area contributed by atoms with E-state index in [1.165, 1.54) is 22.5 Å². The molecular weight excluding hydrogens is 460 g/mol. The molecule has 35 heavy (non-hydrogen) atoms. The lowest BCUT2D eigenvalue weighted by atomic mass is 10.2. The molecule has 0 spiro atoms. The zero-order valence-electron chi connectivity index (χ0n) is 21.1. The lowest BCUT2D eigenvalue weighted by Crippen LogP contribution is -2.39. The van der Waals surface area contributed by atoms with Gasteiger partial charge in [0, 0.05) is 29.6 Å². The van der Waals surface area contributed by atoms with Crippen molar-refractivity contribution in [3.05, 3.63) is 88.4 Å². The summed E-state index contributed by atoms with van der Waals surface area (Å²) in [7, 11) is 0. The average molecular weight is 505 g/mol. The van der Waals surface area contributed by atoms with Crippen molar-refractivity contribution >= 4 is 23.5 Å². The second kappa shape index (κ2) is 19.0. The first-order chi connectivity index (χ1) is 16.9. The van der Waals surface area contributed by atoms with E-state index in [0.717, 1.165) is 17.7 Å². The molecule has 3 aromatic rings. The fraction of sp³-hybridized carbons (Fsp3) is 0.370. The number of carbonyl (C=O) groups excluding carboxylic acids is 2. The molecule has 1 heterocycles. The third-order valence-electron chi connectivity index (χ3n) is 4.29. The van der Waals surface area contributed by atoms with Crippen molar-refractivity contribution in [2.45, 2.75) is 53.2 Å². The van der Waals surface area contributed by atoms with Gasteiger partial charge in [0.1, 0.15) is 6.61 Å². The van der Waals surface area contributed by atoms with E-state index in [4.69, 9.17) is 4.74 Å². The van der Waals surface area contributed by atoms with Crippen LogP contribution in [0, 0.1) is 13.8 Å². The lowest BCUT2D eigenvalue weighted by molar-refractivity contribution is 0.140. The maximum Gasteiger partial charge on any atom is 0.407 e. The van der Waals surface area contributed by atoms with E-state index in [9.17, 15) is 9.59 Å². The van der Waals surface area contributed by atoms with Crippen LogP contribution in [0.25, 0.3) is 0 Å². The predicted octanol–water partition coefficient (Wildman–Crippen LogP) is 6.59. The summed E-state index contributed by atoms with van der Waals surface area (Å²) in [5.74, 6) is 0. The van der Waals surface area contributed by atoms with Gasteiger partial charge in [-0.1, -0.05) is 71.8 Å². The number of hydrogen-bond acceptors (Lipinski definition) is 5. The van der Waals surface area contributed by atoms with Crippen LogP contribution in [-0.4, -0.2) is 36.2 Å². The Morgan fingerprint density at radius 1 is 0.914 bits per heavy atom. The third-order valence-corrected chi connectivity index (χ3v) is 5.04. The summed E-state index contributed by atoms with van der Waals surface area (Å²) < 4.78 is 5.02. The quantitative estimate of drug-likeness (QED) is 0.302. The van der Waals surface area contributed by atoms with Gasteiger partial charge in [-0.3, -0.25) is 4.98 Å². The van der Waals surface area contributed by atoms with E-state index in [1.807, 2.05) is 50.2 Å². The lowest BCUT2D eigenvalue weighted by Gasteiger charge is -2.10. The van der Waals surface area contributed by atoms with Gasteiger partial charge in [-0.25, -0.2) is 9.59 Å². The van der Waals surface area contributed by atoms with E-state index >= 15 is 0 Å². The van der Waals surface area contributed by atoms with Crippen LogP contribution in [-0.2, 0) is 11.3 Å². The van der Waals surface area contributed by atoms with Crippen LogP contribution >= 0.6 is 11.3 Å². The molecule has 8 heteroatoms. The molecule has 7 nitrogen and oxygen atoms in total. The van der Waals surface area contributed by atoms with Crippen LogP contribution < -0.4 is 16.0 Å². The fourth-order valence-electron chi connectivity index (χ4n) is 2.53. The largest absolute Gasteiger partial charge is 0.444 e. The molecule has 3 N–H and O–H groups in total. The van der Waals surface area contributed by atoms with Crippen LogP contribution in [0.3, 0.4) is 0 Å². The maximum atomic E-state index is 11.4. The Hall–Kier alpha value is -3.39. The topological polar surface area (TPSA) is 92.4 Å². The van der Waals surface area contributed by atoms with Crippen LogP contribution in [0.1, 0.15) is 47.0 Å². The van der Waals surface area contributed by atoms with E-state index in [-0.39, 0.29) is 23.0 Å². The minimum Gasteiger partial charge on any atom is -0.444 e. The molecule has 3 rings (SSSR count). The van der Waals surface area contributed by atoms with Gasteiger partial charge in [-0.2, -0.15) is 0 Å². The first-order valence-corrected chi connectivity index (χ1v) is 12.6. The molecule has 0 saturated heterocycles. The molecule has 0 unspecified atom stereocenters. The first-order valence-electron chi connectivity index (χ1n) is 11.7. The Morgan fingerprint density at radius 3 is 1.89 bits per heavy atom. The number of nitrogens with zero attached hydrogens (tertiary/aromatic N) is 1. The zero-order chi connectivity index (χ0) is 25.7. The number of unbranched alkanes of at least 4 members (excludes halogenated alkanes) is 1. The van der Waals surface area contributed by atoms with Crippen molar-refractivity contribution in [3.63, 3.8) is 0 Å². The summed E-state index contributed by atoms with van der Waals surface area (Å²) in [4.78, 5) is 27.5. The highest BCUT2D eigenvalue weighted by Crippen LogP contribution is 2.06. The first kappa shape index (κ1) is 29.6. The van der Waals surface area contributed by atoms with Gasteiger partial charge in [-0.05, 0) is 40.5 Å². The van der Waals surface area contributed by atoms with Crippen molar-refractivity contribution < 1.29 is 18.6 Å². The van der Waals surface area contributed by atoms with Crippen molar-refractivity contribution in [1.29, 1.82) is 0 Å². The van der Waals surface area contributed by atoms with Gasteiger partial charge < -0.3 is 20.7 Å². The molecule has 0 atom stereocenters. The molecular formula is C27H44N4O3S. The highest BCUT2D eigenvalue weighted by Gasteiger charge is 2.03. The molecule has 0 bridgehead atoms. The number of aromatic nitrogens is 1. The number of rotatable bonds is 8.